The number of hydrogen-bond acceptors (Lipinski definition) is 4. The van der Waals surface area contributed by atoms with Crippen molar-refractivity contribution in [3.63, 3.8) is 0 Å². The number of ether oxygens (including phenoxy) is 2. The Balaban J connectivity index is 2.59. The zero-order valence-electron chi connectivity index (χ0n) is 11.4. The first kappa shape index (κ1) is 15.0. The van der Waals surface area contributed by atoms with Crippen LogP contribution in [0.25, 0.3) is 6.08 Å². The van der Waals surface area contributed by atoms with E-state index in [2.05, 4.69) is 0 Å². The number of carbonyl (C=O) groups is 2. The van der Waals surface area contributed by atoms with Crippen molar-refractivity contribution in [2.24, 2.45) is 0 Å². The Morgan fingerprint density at radius 1 is 1.21 bits per heavy atom. The summed E-state index contributed by atoms with van der Waals surface area (Å²) in [5.74, 6) is -0.158. The van der Waals surface area contributed by atoms with Gasteiger partial charge in [0.25, 0.3) is 0 Å². The van der Waals surface area contributed by atoms with E-state index in [0.29, 0.717) is 12.2 Å². The smallest absolute Gasteiger partial charge is 0.331 e. The van der Waals surface area contributed by atoms with Gasteiger partial charge >= 0.3 is 11.9 Å². The predicted octanol–water partition coefficient (Wildman–Crippen LogP) is 2.97. The van der Waals surface area contributed by atoms with Crippen molar-refractivity contribution in [1.82, 2.24) is 0 Å². The van der Waals surface area contributed by atoms with E-state index in [1.54, 1.807) is 51.1 Å². The Labute approximate surface area is 113 Å². The molecule has 102 valence electrons. The molecule has 0 atom stereocenters. The van der Waals surface area contributed by atoms with Crippen molar-refractivity contribution in [2.45, 2.75) is 33.3 Å². The first-order valence-corrected chi connectivity index (χ1v) is 6.20. The van der Waals surface area contributed by atoms with Crippen molar-refractivity contribution in [1.29, 1.82) is 0 Å². The van der Waals surface area contributed by atoms with Crippen molar-refractivity contribution in [3.05, 3.63) is 35.9 Å². The molecule has 0 aliphatic heterocycles. The predicted molar refractivity (Wildman–Crippen MR) is 72.6 cm³/mol. The largest absolute Gasteiger partial charge is 0.460 e. The molecule has 19 heavy (non-hydrogen) atoms. The summed E-state index contributed by atoms with van der Waals surface area (Å²) in [6, 6.07) is 6.89. The normalized spacial score (nSPS) is 10.7. The SMILES string of the molecule is CCC(=O)Oc1ccc(/C=C/C(=O)OC(C)C)cc1. The fourth-order valence-corrected chi connectivity index (χ4v) is 1.29. The molecule has 0 aliphatic rings. The zero-order chi connectivity index (χ0) is 14.3. The fraction of sp³-hybridized carbons (Fsp3) is 0.333. The molecule has 0 fully saturated rings. The van der Waals surface area contributed by atoms with Crippen LogP contribution in [0.4, 0.5) is 0 Å². The molecule has 0 unspecified atom stereocenters. The number of rotatable bonds is 5. The average Bonchev–Trinajstić information content (AvgIpc) is 2.37. The highest BCUT2D eigenvalue weighted by atomic mass is 16.5. The summed E-state index contributed by atoms with van der Waals surface area (Å²) in [7, 11) is 0. The van der Waals surface area contributed by atoms with Crippen molar-refractivity contribution >= 4 is 18.0 Å². The second-order valence-corrected chi connectivity index (χ2v) is 4.22. The summed E-state index contributed by atoms with van der Waals surface area (Å²) in [5.41, 5.74) is 0.831. The third kappa shape index (κ3) is 5.86. The van der Waals surface area contributed by atoms with E-state index in [1.807, 2.05) is 0 Å². The van der Waals surface area contributed by atoms with Crippen LogP contribution in [0.5, 0.6) is 5.75 Å². The Morgan fingerprint density at radius 3 is 2.37 bits per heavy atom. The van der Waals surface area contributed by atoms with Crippen LogP contribution < -0.4 is 4.74 Å². The molecule has 0 amide bonds. The maximum absolute atomic E-state index is 11.3. The standard InChI is InChI=1S/C15H18O4/c1-4-14(16)19-13-8-5-12(6-9-13)7-10-15(17)18-11(2)3/h5-11H,4H2,1-3H3/b10-7+. The molecule has 0 saturated carbocycles. The maximum atomic E-state index is 11.3. The van der Waals surface area contributed by atoms with Gasteiger partial charge in [0.05, 0.1) is 6.10 Å². The summed E-state index contributed by atoms with van der Waals surface area (Å²) < 4.78 is 10.0. The number of hydrogen-bond donors (Lipinski definition) is 0. The first-order valence-electron chi connectivity index (χ1n) is 6.20. The second-order valence-electron chi connectivity index (χ2n) is 4.22. The lowest BCUT2D eigenvalue weighted by Crippen LogP contribution is -2.08. The molecule has 0 aliphatic carbocycles. The molecule has 1 aromatic rings. The number of carbonyl (C=O) groups excluding carboxylic acids is 2. The molecule has 0 N–H and O–H groups in total. The third-order valence-corrected chi connectivity index (χ3v) is 2.16. The highest BCUT2D eigenvalue weighted by molar-refractivity contribution is 5.87. The Bertz CT molecular complexity index is 458. The van der Waals surface area contributed by atoms with Crippen molar-refractivity contribution < 1.29 is 19.1 Å². The minimum atomic E-state index is -0.378. The van der Waals surface area contributed by atoms with Gasteiger partial charge in [0.1, 0.15) is 5.75 Å². The van der Waals surface area contributed by atoms with Gasteiger partial charge < -0.3 is 9.47 Å². The number of esters is 2. The van der Waals surface area contributed by atoms with E-state index in [9.17, 15) is 9.59 Å². The van der Waals surface area contributed by atoms with Gasteiger partial charge in [0.2, 0.25) is 0 Å². The van der Waals surface area contributed by atoms with E-state index in [1.165, 1.54) is 6.08 Å². The number of benzene rings is 1. The van der Waals surface area contributed by atoms with Gasteiger partial charge in [-0.05, 0) is 37.6 Å². The summed E-state index contributed by atoms with van der Waals surface area (Å²) in [6.07, 6.45) is 3.22. The van der Waals surface area contributed by atoms with E-state index >= 15 is 0 Å². The molecule has 4 nitrogen and oxygen atoms in total. The molecule has 0 aromatic heterocycles. The molecule has 0 bridgehead atoms. The van der Waals surface area contributed by atoms with E-state index in [4.69, 9.17) is 9.47 Å². The van der Waals surface area contributed by atoms with Gasteiger partial charge in [0.15, 0.2) is 0 Å². The molecule has 1 rings (SSSR count). The van der Waals surface area contributed by atoms with Gasteiger partial charge in [-0.15, -0.1) is 0 Å². The minimum Gasteiger partial charge on any atom is -0.460 e. The minimum absolute atomic E-state index is 0.131. The van der Waals surface area contributed by atoms with E-state index in [0.717, 1.165) is 5.56 Å². The fourth-order valence-electron chi connectivity index (χ4n) is 1.29. The van der Waals surface area contributed by atoms with Crippen LogP contribution in [-0.4, -0.2) is 18.0 Å². The Morgan fingerprint density at radius 2 is 1.84 bits per heavy atom. The monoisotopic (exact) mass is 262 g/mol. The molecule has 4 heteroatoms. The van der Waals surface area contributed by atoms with Gasteiger partial charge in [-0.2, -0.15) is 0 Å². The second kappa shape index (κ2) is 7.36. The molecule has 0 saturated heterocycles. The van der Waals surface area contributed by atoms with Crippen LogP contribution in [-0.2, 0) is 14.3 Å². The lowest BCUT2D eigenvalue weighted by Gasteiger charge is -2.04. The topological polar surface area (TPSA) is 52.6 Å². The molecular formula is C15H18O4. The summed E-state index contributed by atoms with van der Waals surface area (Å²) in [6.45, 7) is 5.32. The van der Waals surface area contributed by atoms with E-state index < -0.39 is 0 Å². The van der Waals surface area contributed by atoms with Crippen LogP contribution in [0, 0.1) is 0 Å². The molecule has 0 spiro atoms. The van der Waals surface area contributed by atoms with Crippen molar-refractivity contribution in [3.8, 4) is 5.75 Å². The Kier molecular flexibility index (Phi) is 5.79. The van der Waals surface area contributed by atoms with Crippen LogP contribution in [0.1, 0.15) is 32.8 Å². The average molecular weight is 262 g/mol. The maximum Gasteiger partial charge on any atom is 0.331 e. The molecule has 1 aromatic carbocycles. The third-order valence-electron chi connectivity index (χ3n) is 2.16. The van der Waals surface area contributed by atoms with Gasteiger partial charge in [-0.3, -0.25) is 4.79 Å². The summed E-state index contributed by atoms with van der Waals surface area (Å²) in [4.78, 5) is 22.4. The quantitative estimate of drug-likeness (QED) is 0.465. The summed E-state index contributed by atoms with van der Waals surface area (Å²) >= 11 is 0. The highest BCUT2D eigenvalue weighted by Gasteiger charge is 2.02. The van der Waals surface area contributed by atoms with Gasteiger partial charge in [0, 0.05) is 12.5 Å². The van der Waals surface area contributed by atoms with Crippen LogP contribution in [0.2, 0.25) is 0 Å². The van der Waals surface area contributed by atoms with E-state index in [-0.39, 0.29) is 18.0 Å². The van der Waals surface area contributed by atoms with Crippen molar-refractivity contribution in [2.75, 3.05) is 0 Å². The van der Waals surface area contributed by atoms with Crippen LogP contribution in [0.15, 0.2) is 30.3 Å². The lowest BCUT2D eigenvalue weighted by atomic mass is 10.2. The van der Waals surface area contributed by atoms with Gasteiger partial charge in [-0.1, -0.05) is 19.1 Å². The van der Waals surface area contributed by atoms with Gasteiger partial charge in [-0.25, -0.2) is 4.79 Å². The summed E-state index contributed by atoms with van der Waals surface area (Å²) in [5, 5.41) is 0. The molecule has 0 radical (unpaired) electrons. The van der Waals surface area contributed by atoms with Crippen LogP contribution in [0.3, 0.4) is 0 Å². The first-order chi connectivity index (χ1) is 9.01. The van der Waals surface area contributed by atoms with Crippen LogP contribution >= 0.6 is 0 Å². The Hall–Kier alpha value is -2.10. The molecular weight excluding hydrogens is 244 g/mol. The lowest BCUT2D eigenvalue weighted by molar-refractivity contribution is -0.141. The zero-order valence-corrected chi connectivity index (χ0v) is 11.4. The highest BCUT2D eigenvalue weighted by Crippen LogP contribution is 2.14. The molecule has 0 heterocycles.